The lowest BCUT2D eigenvalue weighted by Gasteiger charge is -2.11. The van der Waals surface area contributed by atoms with Gasteiger partial charge in [0.2, 0.25) is 11.0 Å². The molecule has 0 fully saturated rings. The van der Waals surface area contributed by atoms with E-state index in [4.69, 9.17) is 0 Å². The van der Waals surface area contributed by atoms with Gasteiger partial charge >= 0.3 is 0 Å². The highest BCUT2D eigenvalue weighted by Gasteiger charge is 2.10. The van der Waals surface area contributed by atoms with Crippen LogP contribution in [0.15, 0.2) is 28.6 Å². The summed E-state index contributed by atoms with van der Waals surface area (Å²) in [6.45, 7) is 4.09. The molecule has 1 aromatic heterocycles. The lowest BCUT2D eigenvalue weighted by Crippen LogP contribution is -2.33. The minimum atomic E-state index is -0.313. The third-order valence-corrected chi connectivity index (χ3v) is 4.91. The predicted octanol–water partition coefficient (Wildman–Crippen LogP) is 3.82. The molecule has 2 N–H and O–H groups in total. The zero-order chi connectivity index (χ0) is 16.7. The number of thioether (sulfide) groups is 1. The van der Waals surface area contributed by atoms with E-state index in [9.17, 15) is 9.18 Å². The van der Waals surface area contributed by atoms with Crippen molar-refractivity contribution in [3.63, 3.8) is 0 Å². The Labute approximate surface area is 143 Å². The van der Waals surface area contributed by atoms with Crippen LogP contribution in [-0.4, -0.2) is 27.9 Å². The molecule has 124 valence electrons. The highest BCUT2D eigenvalue weighted by molar-refractivity contribution is 8.01. The van der Waals surface area contributed by atoms with Crippen molar-refractivity contribution in [3.05, 3.63) is 30.1 Å². The van der Waals surface area contributed by atoms with Gasteiger partial charge in [0.1, 0.15) is 5.82 Å². The molecule has 0 saturated heterocycles. The number of amides is 1. The largest absolute Gasteiger partial charge is 0.353 e. The summed E-state index contributed by atoms with van der Waals surface area (Å²) in [5, 5.41) is 14.5. The molecule has 8 heteroatoms. The van der Waals surface area contributed by atoms with Gasteiger partial charge in [-0.2, -0.15) is 0 Å². The highest BCUT2D eigenvalue weighted by atomic mass is 32.2. The number of hydrogen-bond acceptors (Lipinski definition) is 6. The molecule has 0 spiro atoms. The van der Waals surface area contributed by atoms with E-state index in [-0.39, 0.29) is 17.8 Å². The van der Waals surface area contributed by atoms with Crippen LogP contribution in [0.1, 0.15) is 26.7 Å². The average Bonchev–Trinajstić information content (AvgIpc) is 2.93. The van der Waals surface area contributed by atoms with E-state index in [1.54, 1.807) is 12.1 Å². The Morgan fingerprint density at radius 3 is 3.00 bits per heavy atom. The standard InChI is InChI=1S/C15H19FN4OS2/c1-3-5-10(2)17-13(21)9-22-15-20-19-14(23-15)18-12-7-4-6-11(16)8-12/h4,6-8,10H,3,5,9H2,1-2H3,(H,17,21)(H,18,19)/t10-/m1/s1. The maximum Gasteiger partial charge on any atom is 0.230 e. The average molecular weight is 354 g/mol. The van der Waals surface area contributed by atoms with Crippen LogP contribution in [0.4, 0.5) is 15.2 Å². The van der Waals surface area contributed by atoms with Crippen molar-refractivity contribution in [2.24, 2.45) is 0 Å². The van der Waals surface area contributed by atoms with Crippen molar-refractivity contribution in [2.45, 2.75) is 37.1 Å². The minimum Gasteiger partial charge on any atom is -0.353 e. The Balaban J connectivity index is 1.82. The SMILES string of the molecule is CCC[C@@H](C)NC(=O)CSc1nnc(Nc2cccc(F)c2)s1. The summed E-state index contributed by atoms with van der Waals surface area (Å²) in [5.41, 5.74) is 0.615. The first kappa shape index (κ1) is 17.7. The molecule has 2 aromatic rings. The molecule has 1 aromatic carbocycles. The summed E-state index contributed by atoms with van der Waals surface area (Å²) in [6, 6.07) is 6.32. The second-order valence-electron chi connectivity index (χ2n) is 5.05. The van der Waals surface area contributed by atoms with Crippen molar-refractivity contribution in [2.75, 3.05) is 11.1 Å². The van der Waals surface area contributed by atoms with Gasteiger partial charge in [-0.05, 0) is 31.5 Å². The lowest BCUT2D eigenvalue weighted by atomic mass is 10.2. The van der Waals surface area contributed by atoms with Gasteiger partial charge < -0.3 is 10.6 Å². The summed E-state index contributed by atoms with van der Waals surface area (Å²) >= 11 is 2.67. The molecule has 0 saturated carbocycles. The van der Waals surface area contributed by atoms with Crippen molar-refractivity contribution < 1.29 is 9.18 Å². The normalized spacial score (nSPS) is 12.0. The summed E-state index contributed by atoms with van der Waals surface area (Å²) < 4.78 is 13.8. The summed E-state index contributed by atoms with van der Waals surface area (Å²) in [5.74, 6) is -0.0133. The van der Waals surface area contributed by atoms with Gasteiger partial charge in [0, 0.05) is 11.7 Å². The first-order valence-corrected chi connectivity index (χ1v) is 9.15. The minimum absolute atomic E-state index is 0.00853. The topological polar surface area (TPSA) is 66.9 Å². The molecule has 0 aliphatic carbocycles. The number of carbonyl (C=O) groups is 1. The molecule has 0 aliphatic heterocycles. The third kappa shape index (κ3) is 6.15. The molecule has 1 heterocycles. The Morgan fingerprint density at radius 1 is 1.43 bits per heavy atom. The molecule has 1 atom stereocenters. The van der Waals surface area contributed by atoms with Gasteiger partial charge in [0.25, 0.3) is 0 Å². The maximum atomic E-state index is 13.1. The number of hydrogen-bond donors (Lipinski definition) is 2. The van der Waals surface area contributed by atoms with Crippen LogP contribution < -0.4 is 10.6 Å². The fourth-order valence-electron chi connectivity index (χ4n) is 1.96. The van der Waals surface area contributed by atoms with Crippen molar-refractivity contribution in [1.82, 2.24) is 15.5 Å². The lowest BCUT2D eigenvalue weighted by molar-refractivity contribution is -0.119. The Kier molecular flexibility index (Phi) is 6.79. The van der Waals surface area contributed by atoms with Crippen LogP contribution in [0.3, 0.4) is 0 Å². The van der Waals surface area contributed by atoms with Gasteiger partial charge in [-0.25, -0.2) is 4.39 Å². The van der Waals surface area contributed by atoms with Crippen molar-refractivity contribution >= 4 is 39.8 Å². The highest BCUT2D eigenvalue weighted by Crippen LogP contribution is 2.27. The van der Waals surface area contributed by atoms with E-state index < -0.39 is 0 Å². The molecule has 0 aliphatic rings. The molecule has 23 heavy (non-hydrogen) atoms. The fraction of sp³-hybridized carbons (Fsp3) is 0.400. The number of benzene rings is 1. The van der Waals surface area contributed by atoms with Crippen LogP contribution in [0.25, 0.3) is 0 Å². The number of halogens is 1. The number of aromatic nitrogens is 2. The zero-order valence-corrected chi connectivity index (χ0v) is 14.6. The summed E-state index contributed by atoms with van der Waals surface area (Å²) in [7, 11) is 0. The number of nitrogens with one attached hydrogen (secondary N) is 2. The molecule has 1 amide bonds. The van der Waals surface area contributed by atoms with Gasteiger partial charge in [0.15, 0.2) is 4.34 Å². The van der Waals surface area contributed by atoms with Gasteiger partial charge in [0.05, 0.1) is 5.75 Å². The molecule has 0 bridgehead atoms. The molecule has 2 rings (SSSR count). The number of nitrogens with zero attached hydrogens (tertiary/aromatic N) is 2. The Hall–Kier alpha value is -1.67. The monoisotopic (exact) mass is 354 g/mol. The van der Waals surface area contributed by atoms with E-state index in [0.717, 1.165) is 12.8 Å². The predicted molar refractivity (Wildman–Crippen MR) is 92.8 cm³/mol. The Morgan fingerprint density at radius 2 is 2.26 bits per heavy atom. The number of carbonyl (C=O) groups excluding carboxylic acids is 1. The van der Waals surface area contributed by atoms with Crippen LogP contribution in [0, 0.1) is 5.82 Å². The van der Waals surface area contributed by atoms with Gasteiger partial charge in [-0.1, -0.05) is 42.5 Å². The Bertz CT molecular complexity index is 650. The van der Waals surface area contributed by atoms with E-state index in [0.29, 0.717) is 20.9 Å². The maximum absolute atomic E-state index is 13.1. The zero-order valence-electron chi connectivity index (χ0n) is 13.0. The van der Waals surface area contributed by atoms with E-state index in [1.807, 2.05) is 6.92 Å². The van der Waals surface area contributed by atoms with Gasteiger partial charge in [-0.3, -0.25) is 4.79 Å². The summed E-state index contributed by atoms with van der Waals surface area (Å²) in [6.07, 6.45) is 2.01. The van der Waals surface area contributed by atoms with E-state index >= 15 is 0 Å². The molecular weight excluding hydrogens is 335 g/mol. The fourth-order valence-corrected chi connectivity index (χ4v) is 3.54. The smallest absolute Gasteiger partial charge is 0.230 e. The first-order valence-electron chi connectivity index (χ1n) is 7.35. The van der Waals surface area contributed by atoms with E-state index in [1.165, 1.54) is 35.2 Å². The van der Waals surface area contributed by atoms with Crippen LogP contribution in [0.5, 0.6) is 0 Å². The third-order valence-electron chi connectivity index (χ3n) is 2.94. The molecule has 5 nitrogen and oxygen atoms in total. The van der Waals surface area contributed by atoms with Gasteiger partial charge in [-0.15, -0.1) is 10.2 Å². The number of anilines is 2. The molecule has 0 unspecified atom stereocenters. The van der Waals surface area contributed by atoms with Crippen LogP contribution >= 0.6 is 23.1 Å². The molecular formula is C15H19FN4OS2. The number of rotatable bonds is 8. The second-order valence-corrected chi connectivity index (χ2v) is 7.25. The quantitative estimate of drug-likeness (QED) is 0.706. The van der Waals surface area contributed by atoms with Crippen molar-refractivity contribution in [3.8, 4) is 0 Å². The van der Waals surface area contributed by atoms with Crippen LogP contribution in [-0.2, 0) is 4.79 Å². The van der Waals surface area contributed by atoms with Crippen LogP contribution in [0.2, 0.25) is 0 Å². The van der Waals surface area contributed by atoms with E-state index in [2.05, 4.69) is 27.8 Å². The molecule has 0 radical (unpaired) electrons. The summed E-state index contributed by atoms with van der Waals surface area (Å²) in [4.78, 5) is 11.8. The first-order chi connectivity index (χ1) is 11.1. The van der Waals surface area contributed by atoms with Crippen molar-refractivity contribution in [1.29, 1.82) is 0 Å². The second kappa shape index (κ2) is 8.83.